The topological polar surface area (TPSA) is 93.7 Å². The summed E-state index contributed by atoms with van der Waals surface area (Å²) in [5, 5.41) is 5.04. The fourth-order valence-corrected chi connectivity index (χ4v) is 5.96. The number of carbonyl (C=O) groups excluding carboxylic acids is 2. The number of hydrogen-bond donors (Lipinski definition) is 2. The second-order valence-corrected chi connectivity index (χ2v) is 11.5. The van der Waals surface area contributed by atoms with Gasteiger partial charge in [-0.15, -0.1) is 0 Å². The van der Waals surface area contributed by atoms with E-state index in [1.54, 1.807) is 11.0 Å². The van der Waals surface area contributed by atoms with Crippen molar-refractivity contribution in [1.29, 1.82) is 0 Å². The lowest BCUT2D eigenvalue weighted by atomic mass is 9.84. The first-order chi connectivity index (χ1) is 20.3. The highest BCUT2D eigenvalue weighted by Crippen LogP contribution is 2.39. The highest BCUT2D eigenvalue weighted by Gasteiger charge is 2.50. The SMILES string of the molecule is C[C@@H]1CN(c2cc(F)c(C3=CCN(c4ncc(F)cn4)CC3)cc2NC(=O)C2CNC(=O)CC2C(F)(F)F)C[C@H](C)N1C. The molecule has 3 aliphatic rings. The summed E-state index contributed by atoms with van der Waals surface area (Å²) >= 11 is 0. The second-order valence-electron chi connectivity index (χ2n) is 11.5. The molecule has 9 nitrogen and oxygen atoms in total. The van der Waals surface area contributed by atoms with Gasteiger partial charge < -0.3 is 20.4 Å². The first-order valence-corrected chi connectivity index (χ1v) is 14.2. The van der Waals surface area contributed by atoms with Crippen LogP contribution < -0.4 is 20.4 Å². The summed E-state index contributed by atoms with van der Waals surface area (Å²) in [6.45, 7) is 5.37. The summed E-state index contributed by atoms with van der Waals surface area (Å²) in [6.07, 6.45) is -1.27. The van der Waals surface area contributed by atoms with Crippen molar-refractivity contribution in [3.05, 3.63) is 47.8 Å². The molecule has 2 unspecified atom stereocenters. The molecule has 4 atom stereocenters. The largest absolute Gasteiger partial charge is 0.393 e. The lowest BCUT2D eigenvalue weighted by Gasteiger charge is -2.44. The Hall–Kier alpha value is -3.81. The fourth-order valence-electron chi connectivity index (χ4n) is 5.96. The van der Waals surface area contributed by atoms with Crippen molar-refractivity contribution in [2.75, 3.05) is 54.9 Å². The number of piperidine rings is 1. The van der Waals surface area contributed by atoms with Crippen molar-refractivity contribution in [2.24, 2.45) is 11.8 Å². The van der Waals surface area contributed by atoms with Gasteiger partial charge in [0.2, 0.25) is 17.8 Å². The summed E-state index contributed by atoms with van der Waals surface area (Å²) in [5.41, 5.74) is 1.45. The Morgan fingerprint density at radius 3 is 2.35 bits per heavy atom. The Bertz CT molecular complexity index is 1390. The molecule has 1 aromatic carbocycles. The van der Waals surface area contributed by atoms with Gasteiger partial charge in [-0.3, -0.25) is 14.5 Å². The molecule has 1 aromatic heterocycles. The van der Waals surface area contributed by atoms with Crippen LogP contribution in [0.2, 0.25) is 0 Å². The van der Waals surface area contributed by atoms with Gasteiger partial charge in [0, 0.05) is 56.8 Å². The normalized spacial score (nSPS) is 25.3. The number of nitrogens with one attached hydrogen (secondary N) is 2. The number of rotatable bonds is 5. The molecule has 5 rings (SSSR count). The molecule has 4 heterocycles. The van der Waals surface area contributed by atoms with E-state index in [-0.39, 0.29) is 23.3 Å². The van der Waals surface area contributed by atoms with E-state index in [9.17, 15) is 27.2 Å². The number of carbonyl (C=O) groups is 2. The highest BCUT2D eigenvalue weighted by molar-refractivity contribution is 5.98. The standard InChI is InChI=1S/C29H34F5N7O2/c1-16-14-41(15-17(2)39(16)3)25-10-23(31)20(18-4-6-40(7-5-18)28-36-11-19(30)12-37-28)8-24(25)38-27(43)21-13-35-26(42)9-22(21)29(32,33)34/h4,8,10-12,16-17,21-22H,5-7,9,13-15H2,1-3H3,(H,35,42)(H,38,43)/t16-,17+,21?,22?. The minimum absolute atomic E-state index is 0.0962. The van der Waals surface area contributed by atoms with E-state index in [1.807, 2.05) is 25.8 Å². The smallest absolute Gasteiger partial charge is 0.367 e. The lowest BCUT2D eigenvalue weighted by molar-refractivity contribution is -0.197. The molecule has 0 radical (unpaired) electrons. The minimum atomic E-state index is -4.74. The van der Waals surface area contributed by atoms with E-state index in [1.165, 1.54) is 12.1 Å². The van der Waals surface area contributed by atoms with Crippen LogP contribution in [0.1, 0.15) is 32.3 Å². The van der Waals surface area contributed by atoms with Gasteiger partial charge in [0.05, 0.1) is 35.6 Å². The van der Waals surface area contributed by atoms with E-state index in [0.717, 1.165) is 12.4 Å². The third-order valence-electron chi connectivity index (χ3n) is 8.66. The van der Waals surface area contributed by atoms with Crippen molar-refractivity contribution >= 4 is 34.7 Å². The van der Waals surface area contributed by atoms with Crippen LogP contribution in [0.25, 0.3) is 5.57 Å². The van der Waals surface area contributed by atoms with Crippen LogP contribution in [0.15, 0.2) is 30.6 Å². The molecule has 14 heteroatoms. The van der Waals surface area contributed by atoms with E-state index >= 15 is 4.39 Å². The van der Waals surface area contributed by atoms with E-state index in [2.05, 4.69) is 25.5 Å². The molecule has 0 saturated carbocycles. The maximum atomic E-state index is 15.8. The van der Waals surface area contributed by atoms with Gasteiger partial charge in [-0.1, -0.05) is 6.08 Å². The minimum Gasteiger partial charge on any atom is -0.367 e. The summed E-state index contributed by atoms with van der Waals surface area (Å²) in [4.78, 5) is 39.1. The van der Waals surface area contributed by atoms with Crippen molar-refractivity contribution in [3.8, 4) is 0 Å². The van der Waals surface area contributed by atoms with Gasteiger partial charge in [-0.2, -0.15) is 13.2 Å². The zero-order chi connectivity index (χ0) is 31.1. The average molecular weight is 608 g/mol. The Morgan fingerprint density at radius 2 is 1.74 bits per heavy atom. The van der Waals surface area contributed by atoms with Crippen LogP contribution in [-0.2, 0) is 9.59 Å². The van der Waals surface area contributed by atoms with Crippen molar-refractivity contribution in [1.82, 2.24) is 20.2 Å². The fraction of sp³-hybridized carbons (Fsp3) is 0.517. The third-order valence-corrected chi connectivity index (χ3v) is 8.66. The van der Waals surface area contributed by atoms with E-state index < -0.39 is 54.4 Å². The number of benzene rings is 1. The second kappa shape index (κ2) is 12.1. The van der Waals surface area contributed by atoms with Gasteiger partial charge in [0.25, 0.3) is 0 Å². The molecule has 43 heavy (non-hydrogen) atoms. The molecule has 2 amide bonds. The predicted octanol–water partition coefficient (Wildman–Crippen LogP) is 3.83. The summed E-state index contributed by atoms with van der Waals surface area (Å²) in [7, 11) is 1.99. The Balaban J connectivity index is 1.47. The number of piperazine rings is 1. The number of alkyl halides is 3. The van der Waals surface area contributed by atoms with Gasteiger partial charge in [0.15, 0.2) is 5.82 Å². The zero-order valence-corrected chi connectivity index (χ0v) is 24.1. The van der Waals surface area contributed by atoms with Crippen LogP contribution in [0.5, 0.6) is 0 Å². The van der Waals surface area contributed by atoms with Crippen LogP contribution in [0.3, 0.4) is 0 Å². The van der Waals surface area contributed by atoms with Crippen molar-refractivity contribution in [3.63, 3.8) is 0 Å². The monoisotopic (exact) mass is 607 g/mol. The van der Waals surface area contributed by atoms with Crippen molar-refractivity contribution in [2.45, 2.75) is 44.9 Å². The average Bonchev–Trinajstić information content (AvgIpc) is 2.96. The molecule has 3 aliphatic heterocycles. The van der Waals surface area contributed by atoms with Gasteiger partial charge in [-0.05, 0) is 45.0 Å². The summed E-state index contributed by atoms with van der Waals surface area (Å²) in [5.74, 6) is -6.08. The molecule has 232 valence electrons. The molecule has 2 aromatic rings. The summed E-state index contributed by atoms with van der Waals surface area (Å²) < 4.78 is 70.5. The highest BCUT2D eigenvalue weighted by atomic mass is 19.4. The Labute approximate surface area is 246 Å². The molecular weight excluding hydrogens is 573 g/mol. The molecule has 2 N–H and O–H groups in total. The molecule has 0 aliphatic carbocycles. The molecule has 2 saturated heterocycles. The zero-order valence-electron chi connectivity index (χ0n) is 24.1. The van der Waals surface area contributed by atoms with Crippen LogP contribution >= 0.6 is 0 Å². The quantitative estimate of drug-likeness (QED) is 0.500. The maximum Gasteiger partial charge on any atom is 0.393 e. The third kappa shape index (κ3) is 6.58. The first-order valence-electron chi connectivity index (χ1n) is 14.2. The first kappa shape index (κ1) is 30.6. The lowest BCUT2D eigenvalue weighted by Crippen LogP contribution is -2.55. The molecule has 0 spiro atoms. The Kier molecular flexibility index (Phi) is 8.59. The number of amides is 2. The maximum absolute atomic E-state index is 15.8. The Morgan fingerprint density at radius 1 is 1.07 bits per heavy atom. The number of halogens is 5. The number of aromatic nitrogens is 2. The number of nitrogens with zero attached hydrogens (tertiary/aromatic N) is 5. The number of anilines is 3. The molecular formula is C29H34F5N7O2. The predicted molar refractivity (Wildman–Crippen MR) is 151 cm³/mol. The summed E-state index contributed by atoms with van der Waals surface area (Å²) in [6, 6.07) is 3.00. The van der Waals surface area contributed by atoms with Crippen LogP contribution in [-0.4, -0.2) is 84.7 Å². The number of likely N-dealkylation sites (N-methyl/N-ethyl adjacent to an activating group) is 1. The molecule has 0 bridgehead atoms. The van der Waals surface area contributed by atoms with E-state index in [4.69, 9.17) is 0 Å². The van der Waals surface area contributed by atoms with Gasteiger partial charge in [-0.25, -0.2) is 18.7 Å². The van der Waals surface area contributed by atoms with Crippen LogP contribution in [0, 0.1) is 23.5 Å². The van der Waals surface area contributed by atoms with E-state index in [0.29, 0.717) is 49.8 Å². The molecule has 2 fully saturated rings. The number of hydrogen-bond acceptors (Lipinski definition) is 7. The van der Waals surface area contributed by atoms with Crippen molar-refractivity contribution < 1.29 is 31.5 Å². The van der Waals surface area contributed by atoms with Gasteiger partial charge >= 0.3 is 6.18 Å². The van der Waals surface area contributed by atoms with Crippen LogP contribution in [0.4, 0.5) is 39.3 Å². The van der Waals surface area contributed by atoms with Gasteiger partial charge in [0.1, 0.15) is 5.82 Å².